The summed E-state index contributed by atoms with van der Waals surface area (Å²) in [6.07, 6.45) is 5.49. The van der Waals surface area contributed by atoms with E-state index in [1.54, 1.807) is 65.7 Å². The van der Waals surface area contributed by atoms with Crippen LogP contribution in [0.1, 0.15) is 71.3 Å². The van der Waals surface area contributed by atoms with E-state index in [2.05, 4.69) is 10.6 Å². The second kappa shape index (κ2) is 29.2. The van der Waals surface area contributed by atoms with Crippen LogP contribution in [0.25, 0.3) is 10.8 Å². The van der Waals surface area contributed by atoms with Crippen LogP contribution in [0.15, 0.2) is 133 Å². The highest BCUT2D eigenvalue weighted by molar-refractivity contribution is 6.09. The summed E-state index contributed by atoms with van der Waals surface area (Å²) < 4.78 is 54.5. The smallest absolute Gasteiger partial charge is 0.416 e. The molecule has 1 aliphatic heterocycles. The van der Waals surface area contributed by atoms with E-state index < -0.39 is 17.8 Å². The first kappa shape index (κ1) is 58.9. The van der Waals surface area contributed by atoms with Crippen LogP contribution in [-0.2, 0) is 38.2 Å². The Morgan fingerprint density at radius 1 is 0.868 bits per heavy atom. The van der Waals surface area contributed by atoms with Crippen LogP contribution in [0.5, 0.6) is 23.0 Å². The van der Waals surface area contributed by atoms with E-state index >= 15 is 0 Å². The lowest BCUT2D eigenvalue weighted by molar-refractivity contribution is -0.137. The number of nitrogens with one attached hydrogen (secondary N) is 3. The van der Waals surface area contributed by atoms with Gasteiger partial charge in [0.05, 0.1) is 56.1 Å². The monoisotopic (exact) mass is 1050 g/mol. The molecule has 5 aromatic carbocycles. The number of fused-ring (bicyclic) bond motifs is 1. The molecule has 0 unspecified atom stereocenters. The third kappa shape index (κ3) is 17.8. The number of carbonyl (C=O) groups excluding carboxylic acids is 4. The van der Waals surface area contributed by atoms with Gasteiger partial charge < -0.3 is 50.6 Å². The number of amides is 4. The number of hydrogen-bond donors (Lipinski definition) is 6. The standard InChI is InChI=1S/C39H55N7O7.C18H11F3O2/c1-5-6-10-31(46(39(41)51)38(40)33-25-32(28(2)3)34(47)26-35(33)48)11-14-44-15-17-45(18-16-44)37(50)12-19-52-21-22-53-20-13-43-36(49)24-29-8-7-9-30(23-29)27-42-4;19-18(20,21)14-5-7-15(8-6-14)23-17-3-1-2-13-10-12(11-22)4-9-16(13)17/h5-11,14,23,25-26,28,40,42,47-48H,12-13,15-22,24,27H2,1-4H3,(H2,41,51)(H,43,49);1-11H/b6-5+,14-11-,31-10+,40-38?;. The van der Waals surface area contributed by atoms with E-state index in [-0.39, 0.29) is 53.7 Å². The Labute approximate surface area is 440 Å². The van der Waals surface area contributed by atoms with Gasteiger partial charge in [0.25, 0.3) is 0 Å². The summed E-state index contributed by atoms with van der Waals surface area (Å²) in [6.45, 7) is 10.1. The highest BCUT2D eigenvalue weighted by Crippen LogP contribution is 2.35. The summed E-state index contributed by atoms with van der Waals surface area (Å²) in [5.41, 5.74) is 8.51. The minimum absolute atomic E-state index is 0.00903. The lowest BCUT2D eigenvalue weighted by Gasteiger charge is -2.34. The summed E-state index contributed by atoms with van der Waals surface area (Å²) in [4.78, 5) is 53.3. The maximum atomic E-state index is 12.8. The number of amidine groups is 1. The van der Waals surface area contributed by atoms with Crippen LogP contribution >= 0.6 is 0 Å². The molecular weight excluding hydrogens is 984 g/mol. The number of phenolic OH excluding ortho intramolecular Hbond substituents is 2. The largest absolute Gasteiger partial charge is 0.508 e. The van der Waals surface area contributed by atoms with Crippen molar-refractivity contribution >= 4 is 40.7 Å². The highest BCUT2D eigenvalue weighted by Gasteiger charge is 2.30. The molecule has 0 radical (unpaired) electrons. The second-order valence-corrected chi connectivity index (χ2v) is 17.8. The van der Waals surface area contributed by atoms with E-state index in [0.29, 0.717) is 87.3 Å². The molecule has 0 atom stereocenters. The van der Waals surface area contributed by atoms with Crippen molar-refractivity contribution in [3.63, 3.8) is 0 Å². The number of aromatic hydroxyl groups is 2. The number of hydrogen-bond acceptors (Lipinski definition) is 12. The lowest BCUT2D eigenvalue weighted by atomic mass is 9.98. The summed E-state index contributed by atoms with van der Waals surface area (Å²) in [6, 6.07) is 24.6. The molecule has 0 spiro atoms. The van der Waals surface area contributed by atoms with Crippen molar-refractivity contribution in [3.05, 3.63) is 167 Å². The number of nitrogens with two attached hydrogens (primary N) is 1. The summed E-state index contributed by atoms with van der Waals surface area (Å²) in [7, 11) is 1.88. The molecule has 6 rings (SSSR count). The fourth-order valence-corrected chi connectivity index (χ4v) is 7.91. The molecule has 1 heterocycles. The van der Waals surface area contributed by atoms with Crippen LogP contribution in [0.4, 0.5) is 18.0 Å². The topological polar surface area (TPSA) is 220 Å². The van der Waals surface area contributed by atoms with Gasteiger partial charge in [-0.2, -0.15) is 13.2 Å². The first-order valence-electron chi connectivity index (χ1n) is 24.7. The van der Waals surface area contributed by atoms with Gasteiger partial charge in [0.2, 0.25) is 11.8 Å². The molecule has 16 nitrogen and oxygen atoms in total. The van der Waals surface area contributed by atoms with Gasteiger partial charge >= 0.3 is 12.2 Å². The van der Waals surface area contributed by atoms with Gasteiger partial charge in [0, 0.05) is 62.5 Å². The van der Waals surface area contributed by atoms with E-state index in [1.165, 1.54) is 18.2 Å². The number of allylic oxidation sites excluding steroid dienone is 4. The molecule has 0 saturated carbocycles. The number of piperazine rings is 1. The maximum absolute atomic E-state index is 12.8. The number of rotatable bonds is 22. The summed E-state index contributed by atoms with van der Waals surface area (Å²) >= 11 is 0. The van der Waals surface area contributed by atoms with Gasteiger partial charge in [-0.1, -0.05) is 68.5 Å². The van der Waals surface area contributed by atoms with Crippen LogP contribution in [0, 0.1) is 5.41 Å². The van der Waals surface area contributed by atoms with E-state index in [1.807, 2.05) is 63.1 Å². The minimum Gasteiger partial charge on any atom is -0.508 e. The number of alkyl halides is 3. The average Bonchev–Trinajstić information content (AvgIpc) is 3.39. The number of aldehydes is 1. The number of benzene rings is 5. The Morgan fingerprint density at radius 3 is 2.22 bits per heavy atom. The van der Waals surface area contributed by atoms with Crippen molar-refractivity contribution in [1.29, 1.82) is 5.41 Å². The molecule has 76 heavy (non-hydrogen) atoms. The Balaban J connectivity index is 0.000000382. The SMILES string of the molecule is C/C=C/C=C(\C=C/N1CCN(C(=O)CCOCCOCCNC(=O)Cc2cccc(CNC)c2)CC1)N(C(=N)c1cc(C(C)C)c(O)cc1O)C(N)=O.O=Cc1ccc2c(Oc3ccc(C(F)(F)F)cc3)cccc2c1. The Hall–Kier alpha value is -8.00. The molecular formula is C57H66F3N7O9. The number of halogens is 3. The zero-order valence-corrected chi connectivity index (χ0v) is 43.1. The first-order chi connectivity index (χ1) is 36.4. The molecule has 5 aromatic rings. The minimum atomic E-state index is -4.37. The molecule has 0 bridgehead atoms. The number of urea groups is 1. The van der Waals surface area contributed by atoms with Gasteiger partial charge in [-0.05, 0) is 103 Å². The van der Waals surface area contributed by atoms with Gasteiger partial charge in [-0.25, -0.2) is 9.69 Å². The highest BCUT2D eigenvalue weighted by atomic mass is 19.4. The number of nitrogens with zero attached hydrogens (tertiary/aromatic N) is 3. The van der Waals surface area contributed by atoms with Crippen molar-refractivity contribution in [3.8, 4) is 23.0 Å². The average molecular weight is 1050 g/mol. The van der Waals surface area contributed by atoms with Crippen LogP contribution in [0.2, 0.25) is 0 Å². The Morgan fingerprint density at radius 2 is 1.57 bits per heavy atom. The van der Waals surface area contributed by atoms with Crippen molar-refractivity contribution < 1.29 is 56.8 Å². The van der Waals surface area contributed by atoms with Crippen LogP contribution < -0.4 is 21.1 Å². The molecule has 404 valence electrons. The quantitative estimate of drug-likeness (QED) is 0.0126. The maximum Gasteiger partial charge on any atom is 0.416 e. The molecule has 0 aliphatic carbocycles. The first-order valence-corrected chi connectivity index (χ1v) is 24.7. The third-order valence-corrected chi connectivity index (χ3v) is 11.9. The van der Waals surface area contributed by atoms with Gasteiger partial charge in [-0.3, -0.25) is 19.8 Å². The fraction of sp³-hybridized carbons (Fsp3) is 0.316. The molecule has 4 amide bonds. The Kier molecular flexibility index (Phi) is 22.6. The van der Waals surface area contributed by atoms with Gasteiger partial charge in [0.15, 0.2) is 0 Å². The van der Waals surface area contributed by atoms with Crippen molar-refractivity contribution in [2.75, 3.05) is 66.2 Å². The zero-order valence-electron chi connectivity index (χ0n) is 43.1. The van der Waals surface area contributed by atoms with Crippen molar-refractivity contribution in [1.82, 2.24) is 25.3 Å². The lowest BCUT2D eigenvalue weighted by Crippen LogP contribution is -2.47. The van der Waals surface area contributed by atoms with Gasteiger partial charge in [-0.15, -0.1) is 0 Å². The number of phenols is 2. The molecule has 1 saturated heterocycles. The third-order valence-electron chi connectivity index (χ3n) is 11.9. The predicted octanol–water partition coefficient (Wildman–Crippen LogP) is 9.01. The summed E-state index contributed by atoms with van der Waals surface area (Å²) in [5, 5.41) is 37.2. The summed E-state index contributed by atoms with van der Waals surface area (Å²) in [5.74, 6) is -0.144. The fourth-order valence-electron chi connectivity index (χ4n) is 7.91. The second-order valence-electron chi connectivity index (χ2n) is 17.8. The van der Waals surface area contributed by atoms with E-state index in [0.717, 1.165) is 57.8 Å². The van der Waals surface area contributed by atoms with Gasteiger partial charge in [0.1, 0.15) is 35.1 Å². The van der Waals surface area contributed by atoms with E-state index in [4.69, 9.17) is 25.4 Å². The molecule has 0 aromatic heterocycles. The number of carbonyl (C=O) groups is 4. The van der Waals surface area contributed by atoms with Crippen LogP contribution in [-0.4, -0.2) is 121 Å². The van der Waals surface area contributed by atoms with Crippen LogP contribution in [0.3, 0.4) is 0 Å². The molecule has 1 aliphatic rings. The van der Waals surface area contributed by atoms with Crippen molar-refractivity contribution in [2.24, 2.45) is 5.73 Å². The zero-order chi connectivity index (χ0) is 55.2. The normalized spacial score (nSPS) is 13.0. The number of primary amides is 1. The number of ether oxygens (including phenoxy) is 3. The molecule has 1 fully saturated rings. The molecule has 19 heteroatoms. The predicted molar refractivity (Wildman–Crippen MR) is 285 cm³/mol. The molecule has 7 N–H and O–H groups in total. The van der Waals surface area contributed by atoms with E-state index in [9.17, 15) is 42.6 Å². The van der Waals surface area contributed by atoms with Crippen molar-refractivity contribution in [2.45, 2.75) is 52.3 Å². The Bertz CT molecular complexity index is 2860.